The Morgan fingerprint density at radius 3 is 2.12 bits per heavy atom. The molecule has 2 rings (SSSR count). The van der Waals surface area contributed by atoms with Gasteiger partial charge in [0.2, 0.25) is 0 Å². The lowest BCUT2D eigenvalue weighted by Gasteiger charge is -2.32. The molecule has 0 bridgehead atoms. The van der Waals surface area contributed by atoms with Gasteiger partial charge in [0.15, 0.2) is 0 Å². The fourth-order valence-corrected chi connectivity index (χ4v) is 6.45. The molecule has 144 valence electrons. The summed E-state index contributed by atoms with van der Waals surface area (Å²) in [6.07, 6.45) is -4.05. The minimum atomic E-state index is -6.40. The van der Waals surface area contributed by atoms with E-state index in [4.69, 9.17) is 0 Å². The van der Waals surface area contributed by atoms with Crippen LogP contribution in [0.2, 0.25) is 0 Å². The zero-order chi connectivity index (χ0) is 20.0. The van der Waals surface area contributed by atoms with Crippen molar-refractivity contribution in [1.29, 1.82) is 0 Å². The summed E-state index contributed by atoms with van der Waals surface area (Å²) in [7, 11) is 0. The molecule has 1 aromatic carbocycles. The maximum Gasteiger partial charge on any atom is 0.460 e. The summed E-state index contributed by atoms with van der Waals surface area (Å²) in [5, 5.41) is -5.42. The van der Waals surface area contributed by atoms with E-state index in [2.05, 4.69) is 0 Å². The molecule has 26 heavy (non-hydrogen) atoms. The van der Waals surface area contributed by atoms with Crippen LogP contribution in [-0.4, -0.2) is 17.4 Å². The Labute approximate surface area is 174 Å². The summed E-state index contributed by atoms with van der Waals surface area (Å²) in [5.41, 5.74) is 0.117. The molecular formula is C15H8F8I2S. The van der Waals surface area contributed by atoms with Crippen molar-refractivity contribution >= 4 is 56.9 Å². The van der Waals surface area contributed by atoms with Crippen LogP contribution in [-0.2, 0) is 3.42 Å². The monoisotopic (exact) mass is 626 g/mol. The Morgan fingerprint density at radius 1 is 1.00 bits per heavy atom. The first-order valence-corrected chi connectivity index (χ1v) is 9.71. The number of thioether (sulfide) groups is 1. The molecule has 0 N–H and O–H groups in total. The molecule has 1 aromatic rings. The van der Waals surface area contributed by atoms with Crippen LogP contribution in [0, 0.1) is 5.82 Å². The van der Waals surface area contributed by atoms with E-state index in [9.17, 15) is 35.1 Å². The highest BCUT2D eigenvalue weighted by Gasteiger charge is 2.73. The zero-order valence-electron chi connectivity index (χ0n) is 12.4. The quantitative estimate of drug-likeness (QED) is 0.189. The summed E-state index contributed by atoms with van der Waals surface area (Å²) in [6.45, 7) is 0. The van der Waals surface area contributed by atoms with Gasteiger partial charge in [-0.05, 0) is 56.2 Å². The fraction of sp³-hybridized carbons (Fsp3) is 0.333. The average Bonchev–Trinajstić information content (AvgIpc) is 2.44. The minimum Gasteiger partial charge on any atom is -0.207 e. The predicted octanol–water partition coefficient (Wildman–Crippen LogP) is 7.59. The van der Waals surface area contributed by atoms with E-state index < -0.39 is 43.3 Å². The Morgan fingerprint density at radius 2 is 1.58 bits per heavy atom. The van der Waals surface area contributed by atoms with E-state index in [0.717, 1.165) is 18.2 Å². The lowest BCUT2D eigenvalue weighted by atomic mass is 9.92. The minimum absolute atomic E-state index is 0.117. The van der Waals surface area contributed by atoms with Gasteiger partial charge >= 0.3 is 17.4 Å². The lowest BCUT2D eigenvalue weighted by Crippen LogP contribution is -2.50. The van der Waals surface area contributed by atoms with Crippen LogP contribution in [0.4, 0.5) is 35.1 Å². The van der Waals surface area contributed by atoms with Gasteiger partial charge in [-0.3, -0.25) is 0 Å². The molecule has 0 heterocycles. The highest BCUT2D eigenvalue weighted by Crippen LogP contribution is 2.56. The number of halogens is 10. The van der Waals surface area contributed by atoms with Crippen molar-refractivity contribution in [2.24, 2.45) is 0 Å². The van der Waals surface area contributed by atoms with Crippen LogP contribution < -0.4 is 0 Å². The average molecular weight is 626 g/mol. The van der Waals surface area contributed by atoms with Crippen molar-refractivity contribution in [2.75, 3.05) is 0 Å². The predicted molar refractivity (Wildman–Crippen MR) is 100 cm³/mol. The van der Waals surface area contributed by atoms with Crippen LogP contribution in [0.15, 0.2) is 44.9 Å². The highest BCUT2D eigenvalue weighted by atomic mass is 127. The van der Waals surface area contributed by atoms with Crippen molar-refractivity contribution in [3.05, 3.63) is 56.3 Å². The van der Waals surface area contributed by atoms with Gasteiger partial charge < -0.3 is 0 Å². The molecule has 1 aliphatic rings. The van der Waals surface area contributed by atoms with Gasteiger partial charge in [0.25, 0.3) is 0 Å². The summed E-state index contributed by atoms with van der Waals surface area (Å²) < 4.78 is 104. The number of allylic oxidation sites excluding steroid dienone is 3. The second kappa shape index (κ2) is 7.41. The first-order valence-electron chi connectivity index (χ1n) is 6.74. The van der Waals surface area contributed by atoms with Crippen LogP contribution in [0.25, 0.3) is 0 Å². The summed E-state index contributed by atoms with van der Waals surface area (Å²) >= 11 is 2.63. The largest absolute Gasteiger partial charge is 0.460 e. The molecule has 1 atom stereocenters. The maximum atomic E-state index is 14.1. The second-order valence-corrected chi connectivity index (χ2v) is 9.85. The molecule has 0 aliphatic heterocycles. The SMILES string of the molecule is Fc1ccccc1C1(I)C=C(SC(F)(F)C(F)(F)C(F)(F)F)C=C(I)C1. The third kappa shape index (κ3) is 4.33. The first kappa shape index (κ1) is 22.2. The van der Waals surface area contributed by atoms with E-state index in [-0.39, 0.29) is 12.0 Å². The van der Waals surface area contributed by atoms with Gasteiger partial charge in [0.05, 0.1) is 3.42 Å². The van der Waals surface area contributed by atoms with Crippen molar-refractivity contribution in [1.82, 2.24) is 0 Å². The van der Waals surface area contributed by atoms with Crippen LogP contribution in [0.5, 0.6) is 0 Å². The van der Waals surface area contributed by atoms with Gasteiger partial charge in [-0.1, -0.05) is 40.8 Å². The number of rotatable bonds is 4. The van der Waals surface area contributed by atoms with E-state index in [1.54, 1.807) is 45.2 Å². The molecule has 0 aromatic heterocycles. The third-order valence-corrected chi connectivity index (χ3v) is 6.34. The van der Waals surface area contributed by atoms with Gasteiger partial charge in [0.1, 0.15) is 5.82 Å². The van der Waals surface area contributed by atoms with Crippen molar-refractivity contribution in [2.45, 2.75) is 27.2 Å². The summed E-state index contributed by atoms with van der Waals surface area (Å²) in [6, 6.07) is 5.48. The van der Waals surface area contributed by atoms with E-state index in [1.807, 2.05) is 0 Å². The lowest BCUT2D eigenvalue weighted by molar-refractivity contribution is -0.330. The molecule has 0 amide bonds. The fourth-order valence-electron chi connectivity index (χ4n) is 2.18. The molecule has 1 aliphatic carbocycles. The van der Waals surface area contributed by atoms with Crippen molar-refractivity contribution in [3.8, 4) is 0 Å². The molecule has 0 nitrogen and oxygen atoms in total. The Hall–Kier alpha value is -0.0500. The van der Waals surface area contributed by atoms with Gasteiger partial charge in [-0.25, -0.2) is 4.39 Å². The van der Waals surface area contributed by atoms with Crippen molar-refractivity contribution < 1.29 is 35.1 Å². The molecule has 0 radical (unpaired) electrons. The standard InChI is InChI=1S/C15H8F8I2S/c16-11-4-2-1-3-10(11)12(25)6-8(24)5-9(7-12)26-15(22,23)13(17,18)14(19,20)21/h1-5,7H,6H2. The Kier molecular flexibility index (Phi) is 6.34. The smallest absolute Gasteiger partial charge is 0.207 e. The van der Waals surface area contributed by atoms with Crippen molar-refractivity contribution in [3.63, 3.8) is 0 Å². The zero-order valence-corrected chi connectivity index (χ0v) is 17.5. The van der Waals surface area contributed by atoms with Crippen LogP contribution in [0.3, 0.4) is 0 Å². The highest BCUT2D eigenvalue weighted by molar-refractivity contribution is 14.1. The van der Waals surface area contributed by atoms with E-state index in [0.29, 0.717) is 3.58 Å². The molecule has 0 saturated heterocycles. The second-order valence-electron chi connectivity index (χ2n) is 5.35. The van der Waals surface area contributed by atoms with Gasteiger partial charge in [0, 0.05) is 16.9 Å². The molecule has 0 saturated carbocycles. The van der Waals surface area contributed by atoms with E-state index >= 15 is 0 Å². The summed E-state index contributed by atoms with van der Waals surface area (Å²) in [5.74, 6) is -6.85. The Bertz CT molecular complexity index is 756. The number of benzene rings is 1. The van der Waals surface area contributed by atoms with Crippen LogP contribution >= 0.6 is 56.9 Å². The molecule has 0 spiro atoms. The van der Waals surface area contributed by atoms with Gasteiger partial charge in [-0.2, -0.15) is 30.7 Å². The number of alkyl halides is 8. The topological polar surface area (TPSA) is 0 Å². The third-order valence-electron chi connectivity index (χ3n) is 3.39. The molecule has 1 unspecified atom stereocenters. The molecule has 0 fully saturated rings. The molecular weight excluding hydrogens is 618 g/mol. The number of hydrogen-bond donors (Lipinski definition) is 0. The maximum absolute atomic E-state index is 14.1. The van der Waals surface area contributed by atoms with E-state index in [1.165, 1.54) is 18.2 Å². The molecule has 11 heteroatoms. The van der Waals surface area contributed by atoms with Crippen LogP contribution in [0.1, 0.15) is 12.0 Å². The normalized spacial score (nSPS) is 22.1. The Balaban J connectivity index is 2.43. The summed E-state index contributed by atoms with van der Waals surface area (Å²) in [4.78, 5) is -0.493. The number of hydrogen-bond acceptors (Lipinski definition) is 1. The first-order chi connectivity index (χ1) is 11.7. The van der Waals surface area contributed by atoms with Gasteiger partial charge in [-0.15, -0.1) is 0 Å².